The number of nitrogens with zero attached hydrogens (tertiary/aromatic N) is 1. The number of benzene rings is 2. The highest BCUT2D eigenvalue weighted by atomic mass is 35.5. The van der Waals surface area contributed by atoms with E-state index in [4.69, 9.17) is 40.1 Å². The van der Waals surface area contributed by atoms with Crippen LogP contribution in [0.4, 0.5) is 30.7 Å². The molecule has 0 aromatic heterocycles. The molecule has 0 spiro atoms. The average Bonchev–Trinajstić information content (AvgIpc) is 2.82. The zero-order valence-electron chi connectivity index (χ0n) is 20.3. The molecular formula is C25H19Cl3F7NO3S. The summed E-state index contributed by atoms with van der Waals surface area (Å²) in [4.78, 5) is 12.6. The SMILES string of the molecule is C[C@@H](CC(=O)c1ccc(/C(F)=C/C(c2cc(Cl)c(Cl)c(Cl)c2)C(F)(F)F)cc1C(F)(F)F)CS(=O)(=O)CCC#N. The Morgan fingerprint density at radius 1 is 1.05 bits per heavy atom. The van der Waals surface area contributed by atoms with Gasteiger partial charge in [0.25, 0.3) is 0 Å². The number of carbonyl (C=O) groups excluding carboxylic acids is 1. The lowest BCUT2D eigenvalue weighted by Crippen LogP contribution is -2.21. The van der Waals surface area contributed by atoms with E-state index in [2.05, 4.69) is 0 Å². The Labute approximate surface area is 240 Å². The Morgan fingerprint density at radius 2 is 1.62 bits per heavy atom. The van der Waals surface area contributed by atoms with E-state index in [0.29, 0.717) is 12.1 Å². The van der Waals surface area contributed by atoms with Gasteiger partial charge in [0, 0.05) is 24.0 Å². The van der Waals surface area contributed by atoms with Crippen molar-refractivity contribution in [2.75, 3.05) is 11.5 Å². The van der Waals surface area contributed by atoms with Gasteiger partial charge in [0.05, 0.1) is 38.2 Å². The topological polar surface area (TPSA) is 75.0 Å². The van der Waals surface area contributed by atoms with Gasteiger partial charge in [0.1, 0.15) is 11.7 Å². The van der Waals surface area contributed by atoms with Crippen LogP contribution in [0.1, 0.15) is 52.7 Å². The van der Waals surface area contributed by atoms with Crippen molar-refractivity contribution in [2.24, 2.45) is 5.92 Å². The second-order valence-electron chi connectivity index (χ2n) is 8.85. The van der Waals surface area contributed by atoms with Crippen molar-refractivity contribution in [3.05, 3.63) is 73.7 Å². The Morgan fingerprint density at radius 3 is 2.12 bits per heavy atom. The van der Waals surface area contributed by atoms with Crippen molar-refractivity contribution in [3.63, 3.8) is 0 Å². The van der Waals surface area contributed by atoms with Gasteiger partial charge in [-0.25, -0.2) is 12.8 Å². The van der Waals surface area contributed by atoms with Gasteiger partial charge >= 0.3 is 12.4 Å². The fourth-order valence-electron chi connectivity index (χ4n) is 3.75. The molecule has 15 heteroatoms. The smallest absolute Gasteiger partial charge is 0.294 e. The molecule has 0 heterocycles. The highest BCUT2D eigenvalue weighted by Crippen LogP contribution is 2.43. The van der Waals surface area contributed by atoms with Crippen LogP contribution in [-0.4, -0.2) is 31.9 Å². The second-order valence-corrected chi connectivity index (χ2v) is 12.3. The first-order chi connectivity index (χ1) is 18.3. The van der Waals surface area contributed by atoms with E-state index in [1.807, 2.05) is 0 Å². The fraction of sp³-hybridized carbons (Fsp3) is 0.360. The molecule has 0 amide bonds. The average molecular weight is 653 g/mol. The summed E-state index contributed by atoms with van der Waals surface area (Å²) in [5, 5.41) is 7.56. The number of hydrogen-bond acceptors (Lipinski definition) is 4. The molecule has 0 N–H and O–H groups in total. The van der Waals surface area contributed by atoms with E-state index in [0.717, 1.165) is 12.1 Å². The Hall–Kier alpha value is -2.33. The van der Waals surface area contributed by atoms with Crippen LogP contribution < -0.4 is 0 Å². The zero-order chi connectivity index (χ0) is 30.6. The summed E-state index contributed by atoms with van der Waals surface area (Å²) in [6, 6.07) is 4.76. The lowest BCUT2D eigenvalue weighted by atomic mass is 9.93. The largest absolute Gasteiger partial charge is 0.417 e. The summed E-state index contributed by atoms with van der Waals surface area (Å²) in [7, 11) is -3.75. The van der Waals surface area contributed by atoms with E-state index in [9.17, 15) is 39.6 Å². The number of allylic oxidation sites excluding steroid dienone is 1. The molecule has 0 radical (unpaired) electrons. The standard InChI is InChI=1S/C25H19Cl3F7NO3S/c1-13(12-40(38,39)6-2-5-36)7-22(37)16-4-3-14(8-18(16)25(33,34)35)21(29)11-17(24(30,31)32)15-9-19(26)23(28)20(27)10-15/h3-4,8-11,13,17H,2,6-7,12H2,1H3/b21-11-/t13-,17?/m0/s1. The van der Waals surface area contributed by atoms with E-state index in [1.54, 1.807) is 6.07 Å². The minimum Gasteiger partial charge on any atom is -0.294 e. The molecule has 0 bridgehead atoms. The van der Waals surface area contributed by atoms with E-state index < -0.39 is 85.8 Å². The summed E-state index contributed by atoms with van der Waals surface area (Å²) < 4.78 is 122. The monoisotopic (exact) mass is 651 g/mol. The number of alkyl halides is 6. The molecule has 1 unspecified atom stereocenters. The Balaban J connectivity index is 2.47. The summed E-state index contributed by atoms with van der Waals surface area (Å²) in [6.07, 6.45) is -11.2. The van der Waals surface area contributed by atoms with Crippen molar-refractivity contribution in [1.29, 1.82) is 5.26 Å². The van der Waals surface area contributed by atoms with Crippen molar-refractivity contribution in [2.45, 2.75) is 38.0 Å². The van der Waals surface area contributed by atoms with Crippen molar-refractivity contribution in [1.82, 2.24) is 0 Å². The number of carbonyl (C=O) groups is 1. The molecule has 2 rings (SSSR count). The molecule has 4 nitrogen and oxygen atoms in total. The first kappa shape index (κ1) is 33.9. The van der Waals surface area contributed by atoms with Crippen LogP contribution in [0, 0.1) is 17.2 Å². The second kappa shape index (κ2) is 13.1. The minimum atomic E-state index is -5.20. The molecule has 0 aliphatic heterocycles. The third kappa shape index (κ3) is 9.09. The molecule has 0 aliphatic rings. The number of nitriles is 1. The Kier molecular flexibility index (Phi) is 11.1. The van der Waals surface area contributed by atoms with Gasteiger partial charge in [-0.05, 0) is 35.8 Å². The maximum Gasteiger partial charge on any atom is 0.417 e. The molecule has 0 saturated carbocycles. The van der Waals surface area contributed by atoms with Gasteiger partial charge in [-0.2, -0.15) is 31.6 Å². The maximum atomic E-state index is 15.0. The number of Topliss-reactive ketones (excluding diaryl/α,β-unsaturated/α-hetero) is 1. The lowest BCUT2D eigenvalue weighted by Gasteiger charge is -2.19. The van der Waals surface area contributed by atoms with E-state index in [-0.39, 0.29) is 33.6 Å². The van der Waals surface area contributed by atoms with Crippen molar-refractivity contribution in [3.8, 4) is 6.07 Å². The molecule has 0 saturated heterocycles. The molecule has 2 atom stereocenters. The van der Waals surface area contributed by atoms with Gasteiger partial charge in [0.2, 0.25) is 0 Å². The van der Waals surface area contributed by atoms with Crippen molar-refractivity contribution >= 4 is 56.3 Å². The van der Waals surface area contributed by atoms with Gasteiger partial charge < -0.3 is 0 Å². The predicted molar refractivity (Wildman–Crippen MR) is 138 cm³/mol. The summed E-state index contributed by atoms with van der Waals surface area (Å²) in [6.45, 7) is 1.32. The van der Waals surface area contributed by atoms with Gasteiger partial charge in [-0.1, -0.05) is 53.9 Å². The van der Waals surface area contributed by atoms with Crippen LogP contribution in [0.5, 0.6) is 0 Å². The van der Waals surface area contributed by atoms with Crippen molar-refractivity contribution < 1.29 is 43.9 Å². The zero-order valence-corrected chi connectivity index (χ0v) is 23.4. The van der Waals surface area contributed by atoms with Crippen LogP contribution in [0.15, 0.2) is 36.4 Å². The van der Waals surface area contributed by atoms with Crippen LogP contribution in [0.25, 0.3) is 5.83 Å². The fourth-order valence-corrected chi connectivity index (χ4v) is 5.92. The number of sulfone groups is 1. The highest BCUT2D eigenvalue weighted by molar-refractivity contribution is 7.91. The molecule has 2 aromatic carbocycles. The molecule has 0 aliphatic carbocycles. The van der Waals surface area contributed by atoms with E-state index in [1.165, 1.54) is 6.92 Å². The maximum absolute atomic E-state index is 15.0. The normalized spacial score (nSPS) is 14.5. The van der Waals surface area contributed by atoms with E-state index >= 15 is 4.39 Å². The first-order valence-electron chi connectivity index (χ1n) is 11.2. The number of halogens is 10. The molecule has 40 heavy (non-hydrogen) atoms. The summed E-state index contributed by atoms with van der Waals surface area (Å²) in [5.41, 5.74) is -4.03. The summed E-state index contributed by atoms with van der Waals surface area (Å²) >= 11 is 17.3. The van der Waals surface area contributed by atoms with Gasteiger partial charge in [-0.15, -0.1) is 0 Å². The van der Waals surface area contributed by atoms with Gasteiger partial charge in [-0.3, -0.25) is 4.79 Å². The Bertz CT molecular complexity index is 1430. The molecule has 2 aromatic rings. The quantitative estimate of drug-likeness (QED) is 0.146. The molecule has 0 fully saturated rings. The highest BCUT2D eigenvalue weighted by Gasteiger charge is 2.41. The van der Waals surface area contributed by atoms with Crippen LogP contribution >= 0.6 is 34.8 Å². The number of rotatable bonds is 10. The third-order valence-corrected chi connectivity index (χ3v) is 8.63. The predicted octanol–water partition coefficient (Wildman–Crippen LogP) is 8.86. The van der Waals surface area contributed by atoms with Gasteiger partial charge in [0.15, 0.2) is 15.6 Å². The number of ketones is 1. The molecular weight excluding hydrogens is 634 g/mol. The van der Waals surface area contributed by atoms with Crippen LogP contribution in [0.3, 0.4) is 0 Å². The van der Waals surface area contributed by atoms with Crippen LogP contribution in [-0.2, 0) is 16.0 Å². The third-order valence-electron chi connectivity index (χ3n) is 5.53. The first-order valence-corrected chi connectivity index (χ1v) is 14.1. The summed E-state index contributed by atoms with van der Waals surface area (Å²) in [5.74, 6) is -7.41. The van der Waals surface area contributed by atoms with Crippen LogP contribution in [0.2, 0.25) is 15.1 Å². The molecule has 218 valence electrons. The lowest BCUT2D eigenvalue weighted by molar-refractivity contribution is -0.140. The number of hydrogen-bond donors (Lipinski definition) is 0. The minimum absolute atomic E-state index is 0.0427.